The number of carbonyl (C=O) groups is 1. The van der Waals surface area contributed by atoms with Gasteiger partial charge >= 0.3 is 6.03 Å². The summed E-state index contributed by atoms with van der Waals surface area (Å²) in [7, 11) is -8.20. The van der Waals surface area contributed by atoms with Gasteiger partial charge < -0.3 is 36.4 Å². The predicted octanol–water partition coefficient (Wildman–Crippen LogP) is 5.39. The van der Waals surface area contributed by atoms with Gasteiger partial charge in [-0.2, -0.15) is 0 Å². The molecule has 0 fully saturated rings. The summed E-state index contributed by atoms with van der Waals surface area (Å²) in [4.78, 5) is 11.1. The Morgan fingerprint density at radius 1 is 0.700 bits per heavy atom. The molecule has 4 aromatic carbocycles. The molecule has 4 rings (SSSR count). The first kappa shape index (κ1) is 40.9. The number of ether oxygens (including phenoxy) is 1. The fourth-order valence-corrected chi connectivity index (χ4v) is 7.58. The number of nitrogens with two attached hydrogens (primary N) is 1. The molecule has 0 unspecified atom stereocenters. The van der Waals surface area contributed by atoms with Crippen molar-refractivity contribution >= 4 is 89.5 Å². The average Bonchev–Trinajstić information content (AvgIpc) is 3.06. The first-order valence-corrected chi connectivity index (χ1v) is 18.6. The summed E-state index contributed by atoms with van der Waals surface area (Å²) in [6.07, 6.45) is 0. The molecule has 0 aliphatic heterocycles. The van der Waals surface area contributed by atoms with E-state index in [1.165, 1.54) is 36.4 Å². The topological polar surface area (TPSA) is 229 Å². The van der Waals surface area contributed by atoms with E-state index < -0.39 is 54.0 Å². The van der Waals surface area contributed by atoms with Crippen LogP contribution in [0.4, 0.5) is 21.9 Å². The molecule has 0 atom stereocenters. The number of benzene rings is 4. The molecular formula is C30H31Cl4N5O9S2. The Hall–Kier alpha value is -3.55. The Bertz CT molecular complexity index is 2030. The number of sulfonamides is 2. The zero-order valence-electron chi connectivity index (χ0n) is 25.7. The van der Waals surface area contributed by atoms with Gasteiger partial charge in [-0.1, -0.05) is 82.8 Å². The summed E-state index contributed by atoms with van der Waals surface area (Å²) in [5.74, 6) is -1.32. The molecule has 9 N–H and O–H groups in total. The normalized spacial score (nSPS) is 11.4. The number of aliphatic hydroxyl groups excluding tert-OH is 1. The van der Waals surface area contributed by atoms with Gasteiger partial charge in [-0.05, 0) is 42.0 Å². The molecule has 14 nitrogen and oxygen atoms in total. The van der Waals surface area contributed by atoms with Crippen molar-refractivity contribution in [1.29, 1.82) is 0 Å². The van der Waals surface area contributed by atoms with Crippen molar-refractivity contribution in [3.8, 4) is 11.5 Å². The predicted molar refractivity (Wildman–Crippen MR) is 193 cm³/mol. The average molecular weight is 812 g/mol. The standard InChI is InChI=1S/C15H14Cl3N3O5S.C15H17ClN2O4S/c16-8-2-1-3-10(12(8)18)20-15(24)21-11-5-4-9(17)14(13(11)23)27(25,26)19-6-7-22;16-12-6-7-13(17)14(19)15(12)23(20,21)18-8-9-22-10-11-4-2-1-3-5-11/h1-5,19,22-23H,6-7H2,(H2,20,21,24);1-7,18-19H,8-10,17H2. The van der Waals surface area contributed by atoms with E-state index in [4.69, 9.17) is 62.0 Å². The van der Waals surface area contributed by atoms with Crippen molar-refractivity contribution < 1.29 is 41.7 Å². The van der Waals surface area contributed by atoms with Crippen molar-refractivity contribution in [3.63, 3.8) is 0 Å². The molecule has 4 aromatic rings. The van der Waals surface area contributed by atoms with E-state index in [2.05, 4.69) is 20.1 Å². The third-order valence-electron chi connectivity index (χ3n) is 6.24. The number of halogens is 4. The van der Waals surface area contributed by atoms with Crippen molar-refractivity contribution in [3.05, 3.63) is 98.5 Å². The molecule has 0 saturated heterocycles. The van der Waals surface area contributed by atoms with Crippen LogP contribution in [0.5, 0.6) is 11.5 Å². The third kappa shape index (κ3) is 11.2. The number of nitrogen functional groups attached to an aromatic ring is 1. The highest BCUT2D eigenvalue weighted by atomic mass is 35.5. The van der Waals surface area contributed by atoms with Crippen LogP contribution < -0.4 is 25.8 Å². The highest BCUT2D eigenvalue weighted by Gasteiger charge is 2.26. The van der Waals surface area contributed by atoms with Crippen LogP contribution in [0.15, 0.2) is 82.6 Å². The molecule has 20 heteroatoms. The van der Waals surface area contributed by atoms with Crippen LogP contribution in [0.2, 0.25) is 20.1 Å². The van der Waals surface area contributed by atoms with E-state index in [1.54, 1.807) is 6.07 Å². The minimum absolute atomic E-state index is 0.0414. The highest BCUT2D eigenvalue weighted by Crippen LogP contribution is 2.37. The Kier molecular flexibility index (Phi) is 15.2. The van der Waals surface area contributed by atoms with Crippen LogP contribution >= 0.6 is 46.4 Å². The molecule has 0 aliphatic rings. The summed E-state index contributed by atoms with van der Waals surface area (Å²) in [6.45, 7) is -0.122. The van der Waals surface area contributed by atoms with Gasteiger partial charge in [0.05, 0.1) is 57.0 Å². The van der Waals surface area contributed by atoms with Gasteiger partial charge in [0.15, 0.2) is 11.5 Å². The quantitative estimate of drug-likeness (QED) is 0.0488. The van der Waals surface area contributed by atoms with E-state index >= 15 is 0 Å². The number of rotatable bonds is 13. The van der Waals surface area contributed by atoms with Gasteiger partial charge in [0.2, 0.25) is 20.0 Å². The van der Waals surface area contributed by atoms with Crippen molar-refractivity contribution in [2.24, 2.45) is 0 Å². The third-order valence-corrected chi connectivity index (χ3v) is 11.0. The SMILES string of the molecule is Nc1ccc(Cl)c(S(=O)(=O)NCCOCc2ccccc2)c1O.O=C(Nc1ccc(Cl)c(S(=O)(=O)NCCO)c1O)Nc1cccc(Cl)c1Cl. The number of phenols is 2. The Labute approximate surface area is 308 Å². The van der Waals surface area contributed by atoms with Crippen LogP contribution in [-0.2, 0) is 31.4 Å². The fourth-order valence-electron chi connectivity index (χ4n) is 3.93. The maximum atomic E-state index is 12.2. The fraction of sp³-hybridized carbons (Fsp3) is 0.167. The largest absolute Gasteiger partial charge is 0.504 e. The van der Waals surface area contributed by atoms with Gasteiger partial charge in [0.25, 0.3) is 0 Å². The van der Waals surface area contributed by atoms with Crippen LogP contribution in [0, 0.1) is 0 Å². The number of aromatic hydroxyl groups is 2. The van der Waals surface area contributed by atoms with E-state index in [0.717, 1.165) is 5.56 Å². The summed E-state index contributed by atoms with van der Waals surface area (Å²) < 4.78 is 58.6. The Balaban J connectivity index is 0.000000274. The lowest BCUT2D eigenvalue weighted by Crippen LogP contribution is -2.28. The smallest absolute Gasteiger partial charge is 0.323 e. The van der Waals surface area contributed by atoms with Crippen molar-refractivity contribution in [2.45, 2.75) is 16.4 Å². The number of amides is 2. The van der Waals surface area contributed by atoms with E-state index in [-0.39, 0.29) is 56.8 Å². The van der Waals surface area contributed by atoms with Gasteiger partial charge in [-0.15, -0.1) is 0 Å². The second kappa shape index (κ2) is 18.6. The first-order chi connectivity index (χ1) is 23.6. The molecule has 0 bridgehead atoms. The molecule has 50 heavy (non-hydrogen) atoms. The lowest BCUT2D eigenvalue weighted by atomic mass is 10.2. The van der Waals surface area contributed by atoms with E-state index in [1.807, 2.05) is 30.3 Å². The molecule has 0 aromatic heterocycles. The first-order valence-electron chi connectivity index (χ1n) is 14.1. The van der Waals surface area contributed by atoms with E-state index in [0.29, 0.717) is 6.61 Å². The number of urea groups is 1. The minimum atomic E-state index is -4.22. The monoisotopic (exact) mass is 809 g/mol. The molecule has 0 aliphatic carbocycles. The number of hydrogen-bond donors (Lipinski definition) is 8. The number of nitrogens with one attached hydrogen (secondary N) is 4. The zero-order chi connectivity index (χ0) is 37.1. The van der Waals surface area contributed by atoms with Crippen LogP contribution in [-0.4, -0.2) is 64.5 Å². The van der Waals surface area contributed by atoms with Gasteiger partial charge in [0.1, 0.15) is 9.79 Å². The summed E-state index contributed by atoms with van der Waals surface area (Å²) >= 11 is 23.5. The number of anilines is 3. The van der Waals surface area contributed by atoms with Gasteiger partial charge in [-0.25, -0.2) is 31.1 Å². The van der Waals surface area contributed by atoms with Gasteiger partial charge in [-0.3, -0.25) is 0 Å². The molecule has 0 spiro atoms. The van der Waals surface area contributed by atoms with Crippen molar-refractivity contribution in [1.82, 2.24) is 9.44 Å². The van der Waals surface area contributed by atoms with Crippen molar-refractivity contribution in [2.75, 3.05) is 42.7 Å². The lowest BCUT2D eigenvalue weighted by Gasteiger charge is -2.14. The second-order valence-corrected chi connectivity index (χ2v) is 14.8. The molecule has 270 valence electrons. The maximum Gasteiger partial charge on any atom is 0.323 e. The van der Waals surface area contributed by atoms with Crippen LogP contribution in [0.1, 0.15) is 5.56 Å². The number of aliphatic hydroxyl groups is 1. The Morgan fingerprint density at radius 2 is 1.28 bits per heavy atom. The van der Waals surface area contributed by atoms with Crippen LogP contribution in [0.3, 0.4) is 0 Å². The van der Waals surface area contributed by atoms with Crippen LogP contribution in [0.25, 0.3) is 0 Å². The molecule has 0 heterocycles. The summed E-state index contributed by atoms with van der Waals surface area (Å²) in [5.41, 5.74) is 6.44. The minimum Gasteiger partial charge on any atom is -0.504 e. The molecule has 0 saturated carbocycles. The lowest BCUT2D eigenvalue weighted by molar-refractivity contribution is 0.126. The molecule has 2 amide bonds. The van der Waals surface area contributed by atoms with E-state index in [9.17, 15) is 31.8 Å². The summed E-state index contributed by atoms with van der Waals surface area (Å²) in [5, 5.41) is 33.5. The number of carbonyl (C=O) groups excluding carboxylic acids is 1. The molecule has 0 radical (unpaired) electrons. The zero-order valence-corrected chi connectivity index (χ0v) is 30.3. The highest BCUT2D eigenvalue weighted by molar-refractivity contribution is 7.90. The maximum absolute atomic E-state index is 12.2. The molecular weight excluding hydrogens is 780 g/mol. The number of hydrogen-bond acceptors (Lipinski definition) is 10. The second-order valence-electron chi connectivity index (χ2n) is 9.82. The number of phenolic OH excluding ortho intramolecular Hbond substituents is 2. The summed E-state index contributed by atoms with van der Waals surface area (Å²) in [6, 6.07) is 18.4. The van der Waals surface area contributed by atoms with Gasteiger partial charge in [0, 0.05) is 13.1 Å². The Morgan fingerprint density at radius 3 is 1.92 bits per heavy atom.